The minimum atomic E-state index is -0.327. The highest BCUT2D eigenvalue weighted by Crippen LogP contribution is 2.35. The Morgan fingerprint density at radius 3 is 2.30 bits per heavy atom. The lowest BCUT2D eigenvalue weighted by Gasteiger charge is -2.31. The van der Waals surface area contributed by atoms with Crippen molar-refractivity contribution < 1.29 is 23.8 Å². The largest absolute Gasteiger partial charge is 0.478 e. The summed E-state index contributed by atoms with van der Waals surface area (Å²) in [6.45, 7) is 4.90. The number of likely N-dealkylation sites (tertiary alicyclic amines) is 1. The monoisotopic (exact) mass is 614 g/mol. The molecule has 7 heteroatoms. The number of piperidine rings is 1. The predicted octanol–water partition coefficient (Wildman–Crippen LogP) is 7.52. The van der Waals surface area contributed by atoms with Gasteiger partial charge in [0.25, 0.3) is 0 Å². The fourth-order valence-electron chi connectivity index (χ4n) is 6.58. The van der Waals surface area contributed by atoms with Crippen LogP contribution in [-0.2, 0) is 29.2 Å². The van der Waals surface area contributed by atoms with Gasteiger partial charge >= 0.3 is 11.9 Å². The van der Waals surface area contributed by atoms with Crippen LogP contribution in [0.2, 0.25) is 0 Å². The van der Waals surface area contributed by atoms with E-state index in [-0.39, 0.29) is 18.5 Å². The van der Waals surface area contributed by atoms with Crippen LogP contribution in [0.25, 0.3) is 22.0 Å². The molecule has 0 aliphatic carbocycles. The number of hydrogen-bond acceptors (Lipinski definition) is 6. The Labute approximate surface area is 269 Å². The highest BCUT2D eigenvalue weighted by atomic mass is 16.5. The number of esters is 2. The van der Waals surface area contributed by atoms with E-state index in [9.17, 15) is 9.59 Å². The molecule has 1 saturated heterocycles. The van der Waals surface area contributed by atoms with Crippen molar-refractivity contribution in [3.63, 3.8) is 0 Å². The van der Waals surface area contributed by atoms with E-state index in [4.69, 9.17) is 14.2 Å². The van der Waals surface area contributed by atoms with Crippen molar-refractivity contribution in [1.82, 2.24) is 9.47 Å². The molecule has 0 unspecified atom stereocenters. The highest BCUT2D eigenvalue weighted by Gasteiger charge is 2.28. The summed E-state index contributed by atoms with van der Waals surface area (Å²) in [6.07, 6.45) is 2.90. The van der Waals surface area contributed by atoms with Gasteiger partial charge in [-0.1, -0.05) is 91.0 Å². The number of benzene rings is 4. The van der Waals surface area contributed by atoms with E-state index < -0.39 is 0 Å². The first kappa shape index (κ1) is 29.8. The molecule has 0 atom stereocenters. The fourth-order valence-corrected chi connectivity index (χ4v) is 6.58. The van der Waals surface area contributed by atoms with Crippen molar-refractivity contribution in [2.24, 2.45) is 5.92 Å². The molecular weight excluding hydrogens is 576 g/mol. The Balaban J connectivity index is 0.918. The van der Waals surface area contributed by atoms with E-state index in [1.165, 1.54) is 5.56 Å². The average Bonchev–Trinajstić information content (AvgIpc) is 3.45. The molecule has 4 aromatic carbocycles. The van der Waals surface area contributed by atoms with E-state index >= 15 is 0 Å². The molecule has 0 radical (unpaired) electrons. The number of aryl methyl sites for hydroxylation is 1. The van der Waals surface area contributed by atoms with Gasteiger partial charge in [0, 0.05) is 18.5 Å². The topological polar surface area (TPSA) is 70.0 Å². The van der Waals surface area contributed by atoms with Crippen molar-refractivity contribution >= 4 is 22.8 Å². The molecular formula is C39H38N2O5. The standard InChI is InChI=1S/C39H38N2O5/c42-38(45-26-29-9-2-1-3-10-29)33-12-5-4-11-32(33)31-17-15-28(16-18-31)25-40-22-19-30(20-23-40)27-46-39(43)36-34-13-6-7-14-35(34)41-21-8-24-44-37(36)41/h1-7,9-18,30H,8,19-27H2. The minimum absolute atomic E-state index is 0.243. The van der Waals surface area contributed by atoms with Crippen LogP contribution < -0.4 is 4.74 Å². The van der Waals surface area contributed by atoms with Crippen molar-refractivity contribution in [1.29, 1.82) is 0 Å². The van der Waals surface area contributed by atoms with Gasteiger partial charge in [0.1, 0.15) is 12.2 Å². The lowest BCUT2D eigenvalue weighted by Crippen LogP contribution is -2.35. The molecule has 234 valence electrons. The summed E-state index contributed by atoms with van der Waals surface area (Å²) < 4.78 is 19.5. The summed E-state index contributed by atoms with van der Waals surface area (Å²) in [5, 5.41) is 0.900. The van der Waals surface area contributed by atoms with Crippen LogP contribution >= 0.6 is 0 Å². The van der Waals surface area contributed by atoms with Crippen LogP contribution in [0.3, 0.4) is 0 Å². The number of carbonyl (C=O) groups is 2. The van der Waals surface area contributed by atoms with Crippen molar-refractivity contribution in [2.45, 2.75) is 39.0 Å². The molecule has 1 fully saturated rings. The molecule has 5 aromatic rings. The zero-order chi connectivity index (χ0) is 31.3. The van der Waals surface area contributed by atoms with E-state index in [0.717, 1.165) is 73.0 Å². The van der Waals surface area contributed by atoms with Gasteiger partial charge in [-0.3, -0.25) is 4.90 Å². The number of hydrogen-bond donors (Lipinski definition) is 0. The van der Waals surface area contributed by atoms with Gasteiger partial charge in [-0.15, -0.1) is 0 Å². The first-order valence-corrected chi connectivity index (χ1v) is 16.2. The molecule has 46 heavy (non-hydrogen) atoms. The summed E-state index contributed by atoms with van der Waals surface area (Å²) in [5.74, 6) is 0.364. The Morgan fingerprint density at radius 1 is 0.739 bits per heavy atom. The van der Waals surface area contributed by atoms with Crippen molar-refractivity contribution in [2.75, 3.05) is 26.3 Å². The Hall–Kier alpha value is -4.88. The molecule has 2 aliphatic rings. The quantitative estimate of drug-likeness (QED) is 0.160. The summed E-state index contributed by atoms with van der Waals surface area (Å²) in [6, 6.07) is 33.7. The molecule has 0 bridgehead atoms. The van der Waals surface area contributed by atoms with Gasteiger partial charge in [0.2, 0.25) is 5.88 Å². The average molecular weight is 615 g/mol. The van der Waals surface area contributed by atoms with Gasteiger partial charge in [0.15, 0.2) is 0 Å². The van der Waals surface area contributed by atoms with Gasteiger partial charge in [0.05, 0.1) is 24.3 Å². The number of nitrogens with zero attached hydrogens (tertiary/aromatic N) is 2. The summed E-state index contributed by atoms with van der Waals surface area (Å²) in [4.78, 5) is 28.7. The summed E-state index contributed by atoms with van der Waals surface area (Å²) in [7, 11) is 0. The lowest BCUT2D eigenvalue weighted by atomic mass is 9.96. The van der Waals surface area contributed by atoms with E-state index in [1.807, 2.05) is 78.9 Å². The van der Waals surface area contributed by atoms with Crippen LogP contribution in [0.1, 0.15) is 51.1 Å². The third-order valence-corrected chi connectivity index (χ3v) is 9.08. The second kappa shape index (κ2) is 13.6. The lowest BCUT2D eigenvalue weighted by molar-refractivity contribution is 0.0364. The van der Waals surface area contributed by atoms with Crippen LogP contribution in [0.4, 0.5) is 0 Å². The van der Waals surface area contributed by atoms with Crippen molar-refractivity contribution in [3.8, 4) is 17.0 Å². The molecule has 0 amide bonds. The van der Waals surface area contributed by atoms with E-state index in [0.29, 0.717) is 36.1 Å². The van der Waals surface area contributed by atoms with Gasteiger partial charge < -0.3 is 18.8 Å². The first-order chi connectivity index (χ1) is 22.6. The maximum Gasteiger partial charge on any atom is 0.344 e. The first-order valence-electron chi connectivity index (χ1n) is 16.2. The molecule has 7 nitrogen and oxygen atoms in total. The highest BCUT2D eigenvalue weighted by molar-refractivity contribution is 6.07. The van der Waals surface area contributed by atoms with Crippen LogP contribution in [0.5, 0.6) is 5.88 Å². The van der Waals surface area contributed by atoms with Crippen molar-refractivity contribution in [3.05, 3.63) is 125 Å². The third-order valence-electron chi connectivity index (χ3n) is 9.08. The van der Waals surface area contributed by atoms with Gasteiger partial charge in [-0.05, 0) is 72.7 Å². The number of ether oxygens (including phenoxy) is 3. The van der Waals surface area contributed by atoms with E-state index in [2.05, 4.69) is 33.7 Å². The summed E-state index contributed by atoms with van der Waals surface area (Å²) >= 11 is 0. The van der Waals surface area contributed by atoms with Gasteiger partial charge in [-0.25, -0.2) is 9.59 Å². The van der Waals surface area contributed by atoms with Crippen LogP contribution in [0, 0.1) is 5.92 Å². The normalized spacial score (nSPS) is 15.2. The number of rotatable bonds is 9. The molecule has 0 saturated carbocycles. The third kappa shape index (κ3) is 6.42. The zero-order valence-electron chi connectivity index (χ0n) is 25.9. The maximum absolute atomic E-state index is 13.3. The second-order valence-electron chi connectivity index (χ2n) is 12.2. The second-order valence-corrected chi connectivity index (χ2v) is 12.2. The Bertz CT molecular complexity index is 1820. The SMILES string of the molecule is O=C(OCc1ccccc1)c1ccccc1-c1ccc(CN2CCC(COC(=O)c3c4n(c5ccccc35)CCCO4)CC2)cc1. The molecule has 2 aliphatic heterocycles. The van der Waals surface area contributed by atoms with Gasteiger partial charge in [-0.2, -0.15) is 0 Å². The molecule has 0 N–H and O–H groups in total. The maximum atomic E-state index is 13.3. The summed E-state index contributed by atoms with van der Waals surface area (Å²) in [5.41, 5.74) is 6.18. The molecule has 0 spiro atoms. The zero-order valence-corrected chi connectivity index (χ0v) is 25.9. The Morgan fingerprint density at radius 2 is 1.48 bits per heavy atom. The van der Waals surface area contributed by atoms with Crippen LogP contribution in [0.15, 0.2) is 103 Å². The number of aromatic nitrogens is 1. The van der Waals surface area contributed by atoms with E-state index in [1.54, 1.807) is 0 Å². The Kier molecular flexibility index (Phi) is 8.83. The fraction of sp³-hybridized carbons (Fsp3) is 0.282. The molecule has 7 rings (SSSR count). The molecule has 1 aromatic heterocycles. The number of fused-ring (bicyclic) bond motifs is 3. The predicted molar refractivity (Wildman–Crippen MR) is 178 cm³/mol. The number of carbonyl (C=O) groups excluding carboxylic acids is 2. The smallest absolute Gasteiger partial charge is 0.344 e. The van der Waals surface area contributed by atoms with Crippen LogP contribution in [-0.4, -0.2) is 47.7 Å². The minimum Gasteiger partial charge on any atom is -0.478 e. The number of para-hydroxylation sites is 1. The molecule has 3 heterocycles.